The molecule has 0 aliphatic heterocycles. The first-order valence-corrected chi connectivity index (χ1v) is 4.69. The Morgan fingerprint density at radius 3 is 2.08 bits per heavy atom. The Kier molecular flexibility index (Phi) is 7.56. The first-order valence-electron chi connectivity index (χ1n) is 4.26. The maximum absolute atomic E-state index is 5.45. The van der Waals surface area contributed by atoms with Crippen molar-refractivity contribution in [2.24, 2.45) is 5.92 Å². The molecule has 0 spiro atoms. The second kappa shape index (κ2) is 7.59. The lowest BCUT2D eigenvalue weighted by atomic mass is 10.2. The van der Waals surface area contributed by atoms with Crippen LogP contribution in [-0.2, 0) is 9.47 Å². The van der Waals surface area contributed by atoms with E-state index in [1.807, 2.05) is 26.8 Å². The van der Waals surface area contributed by atoms with Gasteiger partial charge in [-0.25, -0.2) is 0 Å². The summed E-state index contributed by atoms with van der Waals surface area (Å²) in [7, 11) is 0. The van der Waals surface area contributed by atoms with Crippen LogP contribution in [0.25, 0.3) is 0 Å². The molecule has 72 valence electrons. The fourth-order valence-corrected chi connectivity index (χ4v) is 1.12. The Morgan fingerprint density at radius 1 is 1.25 bits per heavy atom. The monoisotopic (exact) mass is 192 g/mol. The van der Waals surface area contributed by atoms with Crippen molar-refractivity contribution in [2.75, 3.05) is 13.2 Å². The van der Waals surface area contributed by atoms with Crippen LogP contribution in [0.2, 0.25) is 0 Å². The molecule has 0 bridgehead atoms. The Labute approximate surface area is 79.5 Å². The van der Waals surface area contributed by atoms with E-state index in [4.69, 9.17) is 21.1 Å². The van der Waals surface area contributed by atoms with E-state index in [1.165, 1.54) is 5.54 Å². The Balaban J connectivity index is 3.89. The summed E-state index contributed by atoms with van der Waals surface area (Å²) in [4.78, 5) is 0. The van der Waals surface area contributed by atoms with Gasteiger partial charge in [0.2, 0.25) is 0 Å². The zero-order valence-electron chi connectivity index (χ0n) is 7.92. The van der Waals surface area contributed by atoms with Crippen LogP contribution >= 0.6 is 11.6 Å². The molecule has 2 nitrogen and oxygen atoms in total. The van der Waals surface area contributed by atoms with Gasteiger partial charge < -0.3 is 9.47 Å². The summed E-state index contributed by atoms with van der Waals surface area (Å²) >= 11 is 5.45. The van der Waals surface area contributed by atoms with Crippen LogP contribution < -0.4 is 0 Å². The fourth-order valence-electron chi connectivity index (χ4n) is 0.886. The van der Waals surface area contributed by atoms with Crippen LogP contribution in [0.5, 0.6) is 0 Å². The molecular weight excluding hydrogens is 176 g/mol. The first kappa shape index (κ1) is 11.9. The quantitative estimate of drug-likeness (QED) is 0.603. The van der Waals surface area contributed by atoms with Gasteiger partial charge in [-0.2, -0.15) is 0 Å². The van der Waals surface area contributed by atoms with E-state index in [1.54, 1.807) is 0 Å². The van der Waals surface area contributed by atoms with Crippen molar-refractivity contribution in [2.45, 2.75) is 27.1 Å². The van der Waals surface area contributed by atoms with Gasteiger partial charge >= 0.3 is 0 Å². The number of hydrogen-bond acceptors (Lipinski definition) is 2. The Bertz CT molecular complexity index is 120. The van der Waals surface area contributed by atoms with Gasteiger partial charge in [-0.05, 0) is 13.8 Å². The maximum atomic E-state index is 5.45. The van der Waals surface area contributed by atoms with E-state index >= 15 is 0 Å². The smallest absolute Gasteiger partial charge is 0.163 e. The first-order chi connectivity index (χ1) is 5.76. The van der Waals surface area contributed by atoms with Gasteiger partial charge in [-0.1, -0.05) is 24.6 Å². The van der Waals surface area contributed by atoms with E-state index in [9.17, 15) is 0 Å². The van der Waals surface area contributed by atoms with Gasteiger partial charge in [0.15, 0.2) is 6.29 Å². The van der Waals surface area contributed by atoms with Crippen molar-refractivity contribution in [3.8, 4) is 0 Å². The second-order valence-electron chi connectivity index (χ2n) is 2.46. The summed E-state index contributed by atoms with van der Waals surface area (Å²) in [6.45, 7) is 7.22. The van der Waals surface area contributed by atoms with E-state index in [2.05, 4.69) is 0 Å². The van der Waals surface area contributed by atoms with E-state index < -0.39 is 0 Å². The second-order valence-corrected chi connectivity index (χ2v) is 2.71. The molecule has 1 unspecified atom stereocenters. The summed E-state index contributed by atoms with van der Waals surface area (Å²) in [5.41, 5.74) is 1.50. The summed E-state index contributed by atoms with van der Waals surface area (Å²) in [6, 6.07) is 0. The van der Waals surface area contributed by atoms with Gasteiger partial charge in [0.05, 0.1) is 0 Å². The van der Waals surface area contributed by atoms with E-state index in [0.29, 0.717) is 13.2 Å². The highest BCUT2D eigenvalue weighted by Crippen LogP contribution is 2.11. The molecule has 0 rings (SSSR count). The maximum Gasteiger partial charge on any atom is 0.163 e. The number of ether oxygens (including phenoxy) is 2. The molecule has 0 N–H and O–H groups in total. The molecule has 0 fully saturated rings. The number of rotatable bonds is 6. The summed E-state index contributed by atoms with van der Waals surface area (Å²) in [5, 5.41) is 0. The van der Waals surface area contributed by atoms with Crippen LogP contribution in [-0.4, -0.2) is 19.5 Å². The van der Waals surface area contributed by atoms with Gasteiger partial charge in [0.25, 0.3) is 0 Å². The average Bonchev–Trinajstić information content (AvgIpc) is 2.04. The van der Waals surface area contributed by atoms with Crippen LogP contribution in [0.3, 0.4) is 0 Å². The molecule has 12 heavy (non-hydrogen) atoms. The lowest BCUT2D eigenvalue weighted by Gasteiger charge is -2.20. The molecule has 0 saturated carbocycles. The topological polar surface area (TPSA) is 18.5 Å². The van der Waals surface area contributed by atoms with E-state index in [-0.39, 0.29) is 12.2 Å². The predicted molar refractivity (Wildman–Crippen MR) is 51.2 cm³/mol. The zero-order valence-corrected chi connectivity index (χ0v) is 8.67. The normalized spacial score (nSPS) is 14.4. The molecule has 1 atom stereocenters. The minimum absolute atomic E-state index is 0.171. The molecule has 3 heteroatoms. The molecule has 0 amide bonds. The lowest BCUT2D eigenvalue weighted by Crippen LogP contribution is -2.24. The lowest BCUT2D eigenvalue weighted by molar-refractivity contribution is -0.154. The molecule has 0 radical (unpaired) electrons. The number of halogens is 1. The van der Waals surface area contributed by atoms with Gasteiger partial charge in [0, 0.05) is 24.7 Å². The molecule has 0 heterocycles. The average molecular weight is 193 g/mol. The highest BCUT2D eigenvalue weighted by molar-refractivity contribution is 6.25. The minimum atomic E-state index is -0.171. The molecule has 0 aliphatic carbocycles. The molecule has 0 aromatic heterocycles. The molecule has 0 saturated heterocycles. The summed E-state index contributed by atoms with van der Waals surface area (Å²) in [5.74, 6) is 0.197. The third-order valence-corrected chi connectivity index (χ3v) is 1.61. The van der Waals surface area contributed by atoms with Crippen molar-refractivity contribution in [1.82, 2.24) is 0 Å². The molecule has 0 aromatic carbocycles. The van der Waals surface area contributed by atoms with Gasteiger partial charge in [0.1, 0.15) is 0 Å². The molecular formula is C9H17ClO2. The van der Waals surface area contributed by atoms with Crippen molar-refractivity contribution < 1.29 is 9.47 Å². The van der Waals surface area contributed by atoms with E-state index in [0.717, 1.165) is 0 Å². The summed E-state index contributed by atoms with van der Waals surface area (Å²) in [6.07, 6.45) is 1.69. The highest BCUT2D eigenvalue weighted by Gasteiger charge is 2.13. The SMILES string of the molecule is CCOC(OCC)C(C)C=CCl. The minimum Gasteiger partial charge on any atom is -0.352 e. The van der Waals surface area contributed by atoms with Crippen LogP contribution in [0.15, 0.2) is 11.6 Å². The van der Waals surface area contributed by atoms with Crippen molar-refractivity contribution in [3.05, 3.63) is 11.6 Å². The Morgan fingerprint density at radius 2 is 1.75 bits per heavy atom. The standard InChI is InChI=1S/C9H17ClO2/c1-4-11-9(12-5-2)8(3)6-7-10/h6-9H,4-5H2,1-3H3. The van der Waals surface area contributed by atoms with Crippen molar-refractivity contribution in [3.63, 3.8) is 0 Å². The van der Waals surface area contributed by atoms with Gasteiger partial charge in [-0.3, -0.25) is 0 Å². The van der Waals surface area contributed by atoms with Crippen molar-refractivity contribution >= 4 is 11.6 Å². The molecule has 0 aromatic rings. The van der Waals surface area contributed by atoms with Gasteiger partial charge in [-0.15, -0.1) is 0 Å². The Hall–Kier alpha value is -0.0500. The number of hydrogen-bond donors (Lipinski definition) is 0. The zero-order chi connectivity index (χ0) is 9.40. The van der Waals surface area contributed by atoms with Crippen LogP contribution in [0, 0.1) is 5.92 Å². The van der Waals surface area contributed by atoms with Crippen LogP contribution in [0.4, 0.5) is 0 Å². The summed E-state index contributed by atoms with van der Waals surface area (Å²) < 4.78 is 10.7. The third-order valence-electron chi connectivity index (χ3n) is 1.47. The third kappa shape index (κ3) is 4.75. The van der Waals surface area contributed by atoms with Crippen molar-refractivity contribution in [1.29, 1.82) is 0 Å². The fraction of sp³-hybridized carbons (Fsp3) is 0.778. The highest BCUT2D eigenvalue weighted by atomic mass is 35.5. The predicted octanol–water partition coefficient (Wildman–Crippen LogP) is 2.77. The molecule has 0 aliphatic rings. The largest absolute Gasteiger partial charge is 0.352 e. The van der Waals surface area contributed by atoms with Crippen LogP contribution in [0.1, 0.15) is 20.8 Å².